The Morgan fingerprint density at radius 2 is 1.50 bits per heavy atom. The Labute approximate surface area is 281 Å². The van der Waals surface area contributed by atoms with E-state index < -0.39 is 21.9 Å². The van der Waals surface area contributed by atoms with Crippen LogP contribution in [0.3, 0.4) is 0 Å². The molecule has 0 aromatic heterocycles. The second-order valence-electron chi connectivity index (χ2n) is 11.7. The van der Waals surface area contributed by atoms with E-state index in [4.69, 9.17) is 4.74 Å². The summed E-state index contributed by atoms with van der Waals surface area (Å²) < 4.78 is 47.1. The van der Waals surface area contributed by atoms with E-state index >= 15 is 0 Å². The first-order valence-electron chi connectivity index (χ1n) is 16.1. The van der Waals surface area contributed by atoms with E-state index in [0.717, 1.165) is 42.5 Å². The molecule has 2 amide bonds. The molecule has 48 heavy (non-hydrogen) atoms. The number of nitrogens with one attached hydrogen (secondary N) is 2. The number of nitrogens with zero attached hydrogens (tertiary/aromatic N) is 1. The van der Waals surface area contributed by atoms with Crippen molar-refractivity contribution in [1.29, 1.82) is 0 Å². The van der Waals surface area contributed by atoms with Crippen LogP contribution in [0.5, 0.6) is 5.75 Å². The largest absolute Gasteiger partial charge is 0.484 e. The van der Waals surface area contributed by atoms with Crippen LogP contribution in [-0.4, -0.2) is 44.3 Å². The molecule has 0 spiro atoms. The van der Waals surface area contributed by atoms with E-state index in [2.05, 4.69) is 16.1 Å². The summed E-state index contributed by atoms with van der Waals surface area (Å²) in [4.78, 5) is 29.3. The number of allylic oxidation sites excluding steroid dienone is 1. The topological polar surface area (TPSA) is 105 Å². The Kier molecular flexibility index (Phi) is 12.0. The summed E-state index contributed by atoms with van der Waals surface area (Å²) in [5.41, 5.74) is 3.37. The quantitative estimate of drug-likeness (QED) is 0.138. The van der Waals surface area contributed by atoms with Crippen molar-refractivity contribution in [3.05, 3.63) is 138 Å². The fourth-order valence-electron chi connectivity index (χ4n) is 5.60. The number of carbonyl (C=O) groups excluding carboxylic acids is 2. The van der Waals surface area contributed by atoms with Gasteiger partial charge in [-0.1, -0.05) is 72.3 Å². The van der Waals surface area contributed by atoms with Crippen molar-refractivity contribution in [2.24, 2.45) is 0 Å². The summed E-state index contributed by atoms with van der Waals surface area (Å²) in [6.45, 7) is 0.328. The molecule has 1 aliphatic carbocycles. The smallest absolute Gasteiger partial charge is 0.261 e. The third-order valence-electron chi connectivity index (χ3n) is 8.19. The Hall–Kier alpha value is -4.96. The van der Waals surface area contributed by atoms with Crippen LogP contribution in [0.15, 0.2) is 126 Å². The number of sulfonamides is 1. The minimum Gasteiger partial charge on any atom is -0.484 e. The zero-order valence-corrected chi connectivity index (χ0v) is 27.5. The van der Waals surface area contributed by atoms with Crippen LogP contribution in [0.4, 0.5) is 10.1 Å². The van der Waals surface area contributed by atoms with Crippen LogP contribution in [0.25, 0.3) is 0 Å². The monoisotopic (exact) mass is 669 g/mol. The van der Waals surface area contributed by atoms with Crippen molar-refractivity contribution in [3.8, 4) is 5.75 Å². The number of carbonyl (C=O) groups is 2. The standard InChI is InChI=1S/C38H40FN3O5S/c39-32-16-18-33(19-17-32)41-48(45,46)35-22-20-34(21-23-35)47-28-37(43)42(27-31-14-8-3-9-15-31)36(26-30-12-6-2-7-13-30)38(44)40-25-24-29-10-4-1-5-11-29/h2-3,6-10,12-23,36,41H,1,4-5,11,24-28H2,(H,40,44)/t36-/m1/s1. The SMILES string of the molecule is O=C(NCCC1=CCCCC1)[C@@H](Cc1ccccc1)N(Cc1ccccc1)C(=O)COc1ccc(S(=O)(=O)Nc2ccc(F)cc2)cc1. The summed E-state index contributed by atoms with van der Waals surface area (Å²) in [7, 11) is -3.94. The molecule has 0 aliphatic heterocycles. The molecule has 0 saturated carbocycles. The van der Waals surface area contributed by atoms with E-state index in [1.165, 1.54) is 54.8 Å². The summed E-state index contributed by atoms with van der Waals surface area (Å²) >= 11 is 0. The molecule has 250 valence electrons. The second-order valence-corrected chi connectivity index (χ2v) is 13.4. The molecule has 0 radical (unpaired) electrons. The zero-order valence-electron chi connectivity index (χ0n) is 26.7. The van der Waals surface area contributed by atoms with Gasteiger partial charge in [0, 0.05) is 25.2 Å². The maximum absolute atomic E-state index is 13.9. The number of hydrogen-bond acceptors (Lipinski definition) is 5. The van der Waals surface area contributed by atoms with Gasteiger partial charge in [-0.15, -0.1) is 0 Å². The Bertz CT molecular complexity index is 1780. The van der Waals surface area contributed by atoms with Gasteiger partial charge in [-0.25, -0.2) is 12.8 Å². The van der Waals surface area contributed by atoms with Gasteiger partial charge in [-0.3, -0.25) is 14.3 Å². The highest BCUT2D eigenvalue weighted by molar-refractivity contribution is 7.92. The molecule has 0 heterocycles. The van der Waals surface area contributed by atoms with Crippen LogP contribution in [0.1, 0.15) is 43.2 Å². The summed E-state index contributed by atoms with van der Waals surface area (Å²) in [5.74, 6) is -0.813. The molecule has 8 nitrogen and oxygen atoms in total. The van der Waals surface area contributed by atoms with Gasteiger partial charge >= 0.3 is 0 Å². The highest BCUT2D eigenvalue weighted by Crippen LogP contribution is 2.22. The highest BCUT2D eigenvalue weighted by Gasteiger charge is 2.30. The zero-order chi connectivity index (χ0) is 33.8. The van der Waals surface area contributed by atoms with Crippen molar-refractivity contribution in [2.75, 3.05) is 17.9 Å². The normalized spacial score (nSPS) is 13.6. The van der Waals surface area contributed by atoms with E-state index in [-0.39, 0.29) is 41.3 Å². The van der Waals surface area contributed by atoms with Crippen LogP contribution < -0.4 is 14.8 Å². The number of halogens is 1. The first-order chi connectivity index (χ1) is 23.3. The van der Waals surface area contributed by atoms with E-state index in [0.29, 0.717) is 13.0 Å². The van der Waals surface area contributed by atoms with Gasteiger partial charge in [0.15, 0.2) is 6.61 Å². The van der Waals surface area contributed by atoms with Gasteiger partial charge in [0.25, 0.3) is 15.9 Å². The predicted octanol–water partition coefficient (Wildman–Crippen LogP) is 6.65. The minimum atomic E-state index is -3.94. The molecule has 4 aromatic carbocycles. The number of rotatable bonds is 15. The summed E-state index contributed by atoms with van der Waals surface area (Å²) in [5, 5.41) is 3.09. The fraction of sp³-hybridized carbons (Fsp3) is 0.263. The molecule has 4 aromatic rings. The van der Waals surface area contributed by atoms with Crippen molar-refractivity contribution in [2.45, 2.75) is 56.0 Å². The molecule has 0 saturated heterocycles. The predicted molar refractivity (Wildman–Crippen MR) is 184 cm³/mol. The van der Waals surface area contributed by atoms with Gasteiger partial charge in [-0.05, 0) is 91.8 Å². The van der Waals surface area contributed by atoms with Gasteiger partial charge in [0.05, 0.1) is 4.90 Å². The molecule has 10 heteroatoms. The molecule has 1 atom stereocenters. The number of amides is 2. The number of hydrogen-bond donors (Lipinski definition) is 2. The Morgan fingerprint density at radius 3 is 2.15 bits per heavy atom. The molecule has 2 N–H and O–H groups in total. The van der Waals surface area contributed by atoms with Crippen LogP contribution in [0.2, 0.25) is 0 Å². The number of benzene rings is 4. The lowest BCUT2D eigenvalue weighted by Crippen LogP contribution is -2.51. The van der Waals surface area contributed by atoms with E-state index in [9.17, 15) is 22.4 Å². The molecular formula is C38H40FN3O5S. The van der Waals surface area contributed by atoms with Crippen molar-refractivity contribution >= 4 is 27.5 Å². The van der Waals surface area contributed by atoms with Crippen LogP contribution in [0, 0.1) is 5.82 Å². The maximum atomic E-state index is 13.9. The second kappa shape index (κ2) is 16.7. The molecule has 0 unspecified atom stereocenters. The highest BCUT2D eigenvalue weighted by atomic mass is 32.2. The molecule has 5 rings (SSSR count). The summed E-state index contributed by atoms with van der Waals surface area (Å²) in [6, 6.07) is 28.9. The third kappa shape index (κ3) is 10.0. The Balaban J connectivity index is 1.30. The van der Waals surface area contributed by atoms with E-state index in [1.54, 1.807) is 4.90 Å². The number of ether oxygens (including phenoxy) is 1. The maximum Gasteiger partial charge on any atom is 0.261 e. The first kappa shape index (κ1) is 34.4. The van der Waals surface area contributed by atoms with E-state index in [1.807, 2.05) is 60.7 Å². The lowest BCUT2D eigenvalue weighted by molar-refractivity contribution is -0.142. The third-order valence-corrected chi connectivity index (χ3v) is 9.59. The van der Waals surface area contributed by atoms with Crippen molar-refractivity contribution in [3.63, 3.8) is 0 Å². The lowest BCUT2D eigenvalue weighted by atomic mass is 9.97. The average molecular weight is 670 g/mol. The lowest BCUT2D eigenvalue weighted by Gasteiger charge is -2.31. The molecule has 0 fully saturated rings. The van der Waals surface area contributed by atoms with Gasteiger partial charge in [0.1, 0.15) is 17.6 Å². The molecule has 0 bridgehead atoms. The minimum absolute atomic E-state index is 0.0280. The van der Waals surface area contributed by atoms with Crippen LogP contribution in [-0.2, 0) is 32.6 Å². The first-order valence-corrected chi connectivity index (χ1v) is 17.6. The van der Waals surface area contributed by atoms with Gasteiger partial charge < -0.3 is 15.0 Å². The fourth-order valence-corrected chi connectivity index (χ4v) is 6.66. The molecule has 1 aliphatic rings. The van der Waals surface area contributed by atoms with Crippen LogP contribution >= 0.6 is 0 Å². The summed E-state index contributed by atoms with van der Waals surface area (Å²) in [6.07, 6.45) is 7.87. The number of anilines is 1. The Morgan fingerprint density at radius 1 is 0.833 bits per heavy atom. The van der Waals surface area contributed by atoms with Gasteiger partial charge in [-0.2, -0.15) is 0 Å². The van der Waals surface area contributed by atoms with Gasteiger partial charge in [0.2, 0.25) is 5.91 Å². The molecular weight excluding hydrogens is 629 g/mol. The van der Waals surface area contributed by atoms with Crippen molar-refractivity contribution < 1.29 is 27.1 Å². The average Bonchev–Trinajstić information content (AvgIpc) is 3.11. The van der Waals surface area contributed by atoms with Crippen molar-refractivity contribution in [1.82, 2.24) is 10.2 Å².